The molecular weight excluding hydrogens is 488 g/mol. The van der Waals surface area contributed by atoms with Gasteiger partial charge in [-0.05, 0) is 65.1 Å². The van der Waals surface area contributed by atoms with Gasteiger partial charge in [0.25, 0.3) is 0 Å². The number of amides is 1. The summed E-state index contributed by atoms with van der Waals surface area (Å²) < 4.78 is 62.7. The molecule has 0 unspecified atom stereocenters. The van der Waals surface area contributed by atoms with E-state index in [1.165, 1.54) is 25.3 Å². The summed E-state index contributed by atoms with van der Waals surface area (Å²) in [6.45, 7) is 6.27. The van der Waals surface area contributed by atoms with E-state index < -0.39 is 15.9 Å². The molecule has 192 valence electrons. The Balaban J connectivity index is 1.90. The molecule has 0 saturated carbocycles. The van der Waals surface area contributed by atoms with Crippen LogP contribution in [0.15, 0.2) is 71.6 Å². The minimum Gasteiger partial charge on any atom is -0.493 e. The number of hydrogen-bond acceptors (Lipinski definition) is 5. The predicted molar refractivity (Wildman–Crippen MR) is 132 cm³/mol. The van der Waals surface area contributed by atoms with Crippen molar-refractivity contribution in [1.29, 1.82) is 0 Å². The van der Waals surface area contributed by atoms with Crippen LogP contribution in [0.4, 0.5) is 8.78 Å². The highest BCUT2D eigenvalue weighted by Gasteiger charge is 2.24. The SMILES string of the molecule is COc1ccc(CN(Cc2ccc(F)cc2)C(=O)CC(C)(C)C)cc1OS(=O)(=O)c1ccc(F)cc1. The van der Waals surface area contributed by atoms with E-state index in [2.05, 4.69) is 0 Å². The summed E-state index contributed by atoms with van der Waals surface area (Å²) in [5.41, 5.74) is 1.10. The Morgan fingerprint density at radius 1 is 0.833 bits per heavy atom. The van der Waals surface area contributed by atoms with Gasteiger partial charge in [-0.25, -0.2) is 8.78 Å². The number of halogens is 2. The van der Waals surface area contributed by atoms with Crippen molar-refractivity contribution in [3.05, 3.63) is 89.5 Å². The Labute approximate surface area is 210 Å². The highest BCUT2D eigenvalue weighted by molar-refractivity contribution is 7.87. The van der Waals surface area contributed by atoms with Gasteiger partial charge in [0.05, 0.1) is 7.11 Å². The Kier molecular flexibility index (Phi) is 8.35. The summed E-state index contributed by atoms with van der Waals surface area (Å²) in [4.78, 5) is 14.6. The van der Waals surface area contributed by atoms with E-state index in [4.69, 9.17) is 8.92 Å². The number of carbonyl (C=O) groups excluding carboxylic acids is 1. The van der Waals surface area contributed by atoms with Gasteiger partial charge < -0.3 is 13.8 Å². The molecule has 0 N–H and O–H groups in total. The van der Waals surface area contributed by atoms with Crippen molar-refractivity contribution in [3.63, 3.8) is 0 Å². The van der Waals surface area contributed by atoms with Crippen molar-refractivity contribution >= 4 is 16.0 Å². The Hall–Kier alpha value is -3.46. The normalized spacial score (nSPS) is 11.7. The van der Waals surface area contributed by atoms with E-state index in [1.54, 1.807) is 29.2 Å². The Morgan fingerprint density at radius 2 is 1.36 bits per heavy atom. The molecule has 0 fully saturated rings. The summed E-state index contributed by atoms with van der Waals surface area (Å²) in [7, 11) is -2.89. The molecule has 0 spiro atoms. The number of methoxy groups -OCH3 is 1. The van der Waals surface area contributed by atoms with Gasteiger partial charge in [-0.3, -0.25) is 4.79 Å². The van der Waals surface area contributed by atoms with Crippen LogP contribution in [0.5, 0.6) is 11.5 Å². The van der Waals surface area contributed by atoms with E-state index in [0.717, 1.165) is 29.8 Å². The van der Waals surface area contributed by atoms with Crippen LogP contribution < -0.4 is 8.92 Å². The average molecular weight is 518 g/mol. The van der Waals surface area contributed by atoms with Crippen LogP contribution in [0, 0.1) is 17.0 Å². The fraction of sp³-hybridized carbons (Fsp3) is 0.296. The molecule has 0 atom stereocenters. The molecule has 0 radical (unpaired) electrons. The third-order valence-corrected chi connectivity index (χ3v) is 6.47. The molecule has 3 aromatic rings. The number of ether oxygens (including phenoxy) is 1. The molecule has 0 aliphatic rings. The molecule has 0 aliphatic heterocycles. The molecular formula is C27H29F2NO5S. The maximum absolute atomic E-state index is 13.4. The number of nitrogens with zero attached hydrogens (tertiary/aromatic N) is 1. The van der Waals surface area contributed by atoms with E-state index in [9.17, 15) is 22.0 Å². The quantitative estimate of drug-likeness (QED) is 0.340. The predicted octanol–water partition coefficient (Wildman–Crippen LogP) is 5.71. The van der Waals surface area contributed by atoms with E-state index in [0.29, 0.717) is 5.56 Å². The largest absolute Gasteiger partial charge is 0.493 e. The zero-order valence-corrected chi connectivity index (χ0v) is 21.4. The summed E-state index contributed by atoms with van der Waals surface area (Å²) in [6, 6.07) is 14.9. The van der Waals surface area contributed by atoms with Gasteiger partial charge in [0.2, 0.25) is 5.91 Å². The van der Waals surface area contributed by atoms with Crippen molar-refractivity contribution in [3.8, 4) is 11.5 Å². The molecule has 9 heteroatoms. The summed E-state index contributed by atoms with van der Waals surface area (Å²) in [5, 5.41) is 0. The molecule has 0 saturated heterocycles. The lowest BCUT2D eigenvalue weighted by molar-refractivity contribution is -0.134. The van der Waals surface area contributed by atoms with Gasteiger partial charge in [0, 0.05) is 19.5 Å². The second-order valence-electron chi connectivity index (χ2n) is 9.59. The smallest absolute Gasteiger partial charge is 0.339 e. The van der Waals surface area contributed by atoms with Gasteiger partial charge >= 0.3 is 10.1 Å². The molecule has 0 aliphatic carbocycles. The first kappa shape index (κ1) is 27.1. The molecule has 36 heavy (non-hydrogen) atoms. The number of benzene rings is 3. The molecule has 3 aromatic carbocycles. The lowest BCUT2D eigenvalue weighted by atomic mass is 9.91. The summed E-state index contributed by atoms with van der Waals surface area (Å²) in [6.07, 6.45) is 0.284. The monoisotopic (exact) mass is 517 g/mol. The van der Waals surface area contributed by atoms with E-state index >= 15 is 0 Å². The van der Waals surface area contributed by atoms with Crippen LogP contribution >= 0.6 is 0 Å². The Bertz CT molecular complexity index is 1300. The molecule has 0 aromatic heterocycles. The van der Waals surface area contributed by atoms with Crippen LogP contribution in [0.25, 0.3) is 0 Å². The van der Waals surface area contributed by atoms with Crippen LogP contribution in [-0.4, -0.2) is 26.3 Å². The second kappa shape index (κ2) is 11.1. The van der Waals surface area contributed by atoms with Crippen LogP contribution in [-0.2, 0) is 28.0 Å². The van der Waals surface area contributed by atoms with Crippen molar-refractivity contribution in [2.75, 3.05) is 7.11 Å². The van der Waals surface area contributed by atoms with Gasteiger partial charge in [-0.2, -0.15) is 8.42 Å². The van der Waals surface area contributed by atoms with Crippen LogP contribution in [0.2, 0.25) is 0 Å². The molecule has 6 nitrogen and oxygen atoms in total. The zero-order chi connectivity index (χ0) is 26.5. The van der Waals surface area contributed by atoms with Crippen LogP contribution in [0.3, 0.4) is 0 Å². The maximum atomic E-state index is 13.4. The number of hydrogen-bond donors (Lipinski definition) is 0. The highest BCUT2D eigenvalue weighted by atomic mass is 32.2. The average Bonchev–Trinajstić information content (AvgIpc) is 2.79. The first-order chi connectivity index (χ1) is 16.9. The van der Waals surface area contributed by atoms with Gasteiger partial charge in [0.1, 0.15) is 16.5 Å². The van der Waals surface area contributed by atoms with Gasteiger partial charge in [-0.1, -0.05) is 39.0 Å². The first-order valence-corrected chi connectivity index (χ1v) is 12.7. The summed E-state index contributed by atoms with van der Waals surface area (Å²) >= 11 is 0. The minimum absolute atomic E-state index is 0.0654. The lowest BCUT2D eigenvalue weighted by Gasteiger charge is -2.27. The Morgan fingerprint density at radius 3 is 1.92 bits per heavy atom. The standard InChI is InChI=1S/C27H29F2NO5S/c1-27(2,3)16-26(31)30(17-19-5-8-21(28)9-6-19)18-20-7-14-24(34-4)25(15-20)35-36(32,33)23-12-10-22(29)11-13-23/h5-15H,16-18H2,1-4H3. The summed E-state index contributed by atoms with van der Waals surface area (Å²) in [5.74, 6) is -0.941. The van der Waals surface area contributed by atoms with Gasteiger partial charge in [0.15, 0.2) is 11.5 Å². The highest BCUT2D eigenvalue weighted by Crippen LogP contribution is 2.32. The molecule has 3 rings (SSSR count). The topological polar surface area (TPSA) is 72.9 Å². The molecule has 0 bridgehead atoms. The van der Waals surface area contributed by atoms with Crippen molar-refractivity contribution in [2.24, 2.45) is 5.41 Å². The lowest BCUT2D eigenvalue weighted by Crippen LogP contribution is -2.32. The van der Waals surface area contributed by atoms with Crippen LogP contribution in [0.1, 0.15) is 38.3 Å². The van der Waals surface area contributed by atoms with Crippen molar-refractivity contribution in [1.82, 2.24) is 4.90 Å². The fourth-order valence-corrected chi connectivity index (χ4v) is 4.41. The third-order valence-electron chi connectivity index (χ3n) is 5.22. The van der Waals surface area contributed by atoms with Crippen molar-refractivity contribution < 1.29 is 30.9 Å². The number of carbonyl (C=O) groups is 1. The third kappa shape index (κ3) is 7.52. The van der Waals surface area contributed by atoms with E-state index in [-0.39, 0.29) is 53.0 Å². The minimum atomic E-state index is -4.26. The molecule has 0 heterocycles. The van der Waals surface area contributed by atoms with E-state index in [1.807, 2.05) is 20.8 Å². The van der Waals surface area contributed by atoms with Gasteiger partial charge in [-0.15, -0.1) is 0 Å². The zero-order valence-electron chi connectivity index (χ0n) is 20.6. The molecule has 1 amide bonds. The number of rotatable bonds is 9. The van der Waals surface area contributed by atoms with Crippen molar-refractivity contribution in [2.45, 2.75) is 45.2 Å². The second-order valence-corrected chi connectivity index (χ2v) is 11.1. The first-order valence-electron chi connectivity index (χ1n) is 11.3. The fourth-order valence-electron chi connectivity index (χ4n) is 3.48. The maximum Gasteiger partial charge on any atom is 0.339 e.